The Hall–Kier alpha value is -3.22. The first-order chi connectivity index (χ1) is 13.4. The number of para-hydroxylation sites is 1. The normalized spacial score (nSPS) is 11.0. The Bertz CT molecular complexity index is 1090. The zero-order valence-corrected chi connectivity index (χ0v) is 16.3. The van der Waals surface area contributed by atoms with Gasteiger partial charge in [-0.15, -0.1) is 0 Å². The predicted molar refractivity (Wildman–Crippen MR) is 105 cm³/mol. The predicted octanol–water partition coefficient (Wildman–Crippen LogP) is 2.65. The summed E-state index contributed by atoms with van der Waals surface area (Å²) in [6, 6.07) is 8.73. The number of hydrogen-bond acceptors (Lipinski definition) is 5. The van der Waals surface area contributed by atoms with Crippen LogP contribution in [-0.2, 0) is 22.6 Å². The van der Waals surface area contributed by atoms with E-state index in [1.165, 1.54) is 10.9 Å². The third kappa shape index (κ3) is 3.88. The maximum Gasteiger partial charge on any atom is 0.326 e. The van der Waals surface area contributed by atoms with Gasteiger partial charge < -0.3 is 9.30 Å². The van der Waals surface area contributed by atoms with Crippen LogP contribution in [0.4, 0.5) is 0 Å². The first-order valence-corrected chi connectivity index (χ1v) is 9.22. The second-order valence-corrected chi connectivity index (χ2v) is 6.72. The van der Waals surface area contributed by atoms with Crippen molar-refractivity contribution < 1.29 is 14.3 Å². The topological polar surface area (TPSA) is 83.2 Å². The average Bonchev–Trinajstić information content (AvgIpc) is 2.97. The van der Waals surface area contributed by atoms with Crippen LogP contribution in [0.3, 0.4) is 0 Å². The lowest BCUT2D eigenvalue weighted by atomic mass is 10.1. The molecule has 1 aromatic carbocycles. The Morgan fingerprint density at radius 2 is 1.93 bits per heavy atom. The Morgan fingerprint density at radius 3 is 2.68 bits per heavy atom. The number of benzene rings is 1. The smallest absolute Gasteiger partial charge is 0.326 e. The number of rotatable bonds is 7. The van der Waals surface area contributed by atoms with Gasteiger partial charge in [0.2, 0.25) is 5.78 Å². The number of carbonyl (C=O) groups is 2. The maximum absolute atomic E-state index is 12.5. The summed E-state index contributed by atoms with van der Waals surface area (Å²) in [5.74, 6) is -0.914. The lowest BCUT2D eigenvalue weighted by Crippen LogP contribution is -2.26. The zero-order valence-electron chi connectivity index (χ0n) is 16.3. The number of nitrogens with zero attached hydrogens (tertiary/aromatic N) is 3. The van der Waals surface area contributed by atoms with Gasteiger partial charge in [-0.1, -0.05) is 19.1 Å². The molecule has 0 saturated heterocycles. The number of hydrogen-bond donors (Lipinski definition) is 0. The van der Waals surface area contributed by atoms with E-state index in [1.807, 2.05) is 19.9 Å². The van der Waals surface area contributed by atoms with E-state index in [-0.39, 0.29) is 24.5 Å². The Labute approximate surface area is 162 Å². The molecule has 7 nitrogen and oxygen atoms in total. The van der Waals surface area contributed by atoms with E-state index < -0.39 is 5.97 Å². The van der Waals surface area contributed by atoms with Gasteiger partial charge in [0.25, 0.3) is 5.56 Å². The molecular weight excluding hydrogens is 358 g/mol. The molecular formula is C21H23N3O4. The summed E-state index contributed by atoms with van der Waals surface area (Å²) < 4.78 is 8.37. The molecule has 0 aliphatic carbocycles. The van der Waals surface area contributed by atoms with Crippen molar-refractivity contribution >= 4 is 22.7 Å². The van der Waals surface area contributed by atoms with Crippen molar-refractivity contribution in [2.24, 2.45) is 0 Å². The van der Waals surface area contributed by atoms with Crippen LogP contribution in [0.1, 0.15) is 35.1 Å². The van der Waals surface area contributed by atoms with Crippen molar-refractivity contribution in [2.45, 2.75) is 40.3 Å². The van der Waals surface area contributed by atoms with Crippen LogP contribution in [0.15, 0.2) is 41.5 Å². The van der Waals surface area contributed by atoms with E-state index in [0.29, 0.717) is 16.5 Å². The first-order valence-electron chi connectivity index (χ1n) is 9.22. The number of fused-ring (bicyclic) bond motifs is 1. The molecule has 0 aliphatic rings. The number of esters is 1. The molecule has 0 unspecified atom stereocenters. The number of ether oxygens (including phenoxy) is 1. The molecule has 28 heavy (non-hydrogen) atoms. The lowest BCUT2D eigenvalue weighted by Gasteiger charge is -2.09. The average molecular weight is 381 g/mol. The maximum atomic E-state index is 12.5. The quantitative estimate of drug-likeness (QED) is 0.464. The standard InChI is InChI=1S/C21H23N3O4/c1-4-9-24-14(2)10-17(15(24)3)19(25)12-28-20(26)11-23-13-22-18-8-6-5-7-16(18)21(23)27/h5-8,10,13H,4,9,11-12H2,1-3H3. The summed E-state index contributed by atoms with van der Waals surface area (Å²) >= 11 is 0. The highest BCUT2D eigenvalue weighted by Gasteiger charge is 2.17. The van der Waals surface area contributed by atoms with Gasteiger partial charge in [-0.3, -0.25) is 19.0 Å². The molecule has 0 aliphatic heterocycles. The lowest BCUT2D eigenvalue weighted by molar-refractivity contribution is -0.143. The molecule has 7 heteroatoms. The van der Waals surface area contributed by atoms with E-state index in [4.69, 9.17) is 4.74 Å². The molecule has 0 fully saturated rings. The summed E-state index contributed by atoms with van der Waals surface area (Å²) in [6.45, 7) is 6.10. The fraction of sp³-hybridized carbons (Fsp3) is 0.333. The number of Topliss-reactive ketones (excluding diaryl/α,β-unsaturated/α-hetero) is 1. The molecule has 3 aromatic rings. The molecule has 0 N–H and O–H groups in total. The van der Waals surface area contributed by atoms with Crippen molar-refractivity contribution in [3.05, 3.63) is 64.0 Å². The van der Waals surface area contributed by atoms with Gasteiger partial charge in [0.1, 0.15) is 6.54 Å². The van der Waals surface area contributed by atoms with Crippen LogP contribution in [0.2, 0.25) is 0 Å². The highest BCUT2D eigenvalue weighted by Crippen LogP contribution is 2.16. The van der Waals surface area contributed by atoms with Gasteiger partial charge in [0, 0.05) is 23.5 Å². The first kappa shape index (κ1) is 19.5. The molecule has 2 aromatic heterocycles. The second kappa shape index (κ2) is 8.21. The van der Waals surface area contributed by atoms with E-state index in [9.17, 15) is 14.4 Å². The van der Waals surface area contributed by atoms with Crippen molar-refractivity contribution in [3.8, 4) is 0 Å². The van der Waals surface area contributed by atoms with Crippen LogP contribution >= 0.6 is 0 Å². The Kier molecular flexibility index (Phi) is 5.73. The molecule has 2 heterocycles. The molecule has 0 spiro atoms. The van der Waals surface area contributed by atoms with Gasteiger partial charge in [-0.05, 0) is 38.5 Å². The van der Waals surface area contributed by atoms with Crippen molar-refractivity contribution in [3.63, 3.8) is 0 Å². The highest BCUT2D eigenvalue weighted by atomic mass is 16.5. The summed E-state index contributed by atoms with van der Waals surface area (Å²) in [4.78, 5) is 41.2. The third-order valence-electron chi connectivity index (χ3n) is 4.72. The molecule has 0 saturated carbocycles. The summed E-state index contributed by atoms with van der Waals surface area (Å²) in [5, 5.41) is 0.428. The van der Waals surface area contributed by atoms with Crippen molar-refractivity contribution in [1.82, 2.24) is 14.1 Å². The second-order valence-electron chi connectivity index (χ2n) is 6.72. The molecule has 0 atom stereocenters. The van der Waals surface area contributed by atoms with Gasteiger partial charge in [0.05, 0.1) is 17.2 Å². The summed E-state index contributed by atoms with van der Waals surface area (Å²) in [7, 11) is 0. The summed E-state index contributed by atoms with van der Waals surface area (Å²) in [6.07, 6.45) is 2.28. The van der Waals surface area contributed by atoms with Crippen molar-refractivity contribution in [2.75, 3.05) is 6.61 Å². The zero-order chi connectivity index (χ0) is 20.3. The van der Waals surface area contributed by atoms with E-state index in [0.717, 1.165) is 24.4 Å². The molecule has 0 bridgehead atoms. The monoisotopic (exact) mass is 381 g/mol. The number of ketones is 1. The minimum absolute atomic E-state index is 0.257. The fourth-order valence-electron chi connectivity index (χ4n) is 3.28. The van der Waals surface area contributed by atoms with Crippen LogP contribution < -0.4 is 5.56 Å². The van der Waals surface area contributed by atoms with Crippen LogP contribution in [-0.4, -0.2) is 32.5 Å². The number of carbonyl (C=O) groups excluding carboxylic acids is 2. The number of aryl methyl sites for hydroxylation is 1. The van der Waals surface area contributed by atoms with E-state index in [1.54, 1.807) is 24.3 Å². The van der Waals surface area contributed by atoms with Crippen molar-refractivity contribution in [1.29, 1.82) is 0 Å². The number of aromatic nitrogens is 3. The molecule has 0 amide bonds. The summed E-state index contributed by atoms with van der Waals surface area (Å²) in [5.41, 5.74) is 2.67. The van der Waals surface area contributed by atoms with Crippen LogP contribution in [0.25, 0.3) is 10.9 Å². The van der Waals surface area contributed by atoms with Gasteiger partial charge in [0.15, 0.2) is 6.61 Å². The fourth-order valence-corrected chi connectivity index (χ4v) is 3.28. The minimum Gasteiger partial charge on any atom is -0.456 e. The molecule has 146 valence electrons. The Balaban J connectivity index is 1.66. The largest absolute Gasteiger partial charge is 0.456 e. The van der Waals surface area contributed by atoms with Gasteiger partial charge >= 0.3 is 5.97 Å². The third-order valence-corrected chi connectivity index (χ3v) is 4.72. The highest BCUT2D eigenvalue weighted by molar-refractivity contribution is 5.99. The van der Waals surface area contributed by atoms with Gasteiger partial charge in [-0.2, -0.15) is 0 Å². The Morgan fingerprint density at radius 1 is 1.18 bits per heavy atom. The van der Waals surface area contributed by atoms with Gasteiger partial charge in [-0.25, -0.2) is 4.98 Å². The van der Waals surface area contributed by atoms with E-state index in [2.05, 4.69) is 16.5 Å². The molecule has 0 radical (unpaired) electrons. The minimum atomic E-state index is -0.658. The van der Waals surface area contributed by atoms with Crippen LogP contribution in [0.5, 0.6) is 0 Å². The van der Waals surface area contributed by atoms with Crippen LogP contribution in [0, 0.1) is 13.8 Å². The SMILES string of the molecule is CCCn1c(C)cc(C(=O)COC(=O)Cn2cnc3ccccc3c2=O)c1C. The van der Waals surface area contributed by atoms with E-state index >= 15 is 0 Å². The molecule has 3 rings (SSSR count).